The number of quaternary nitrogens is 1. The molecule has 0 saturated heterocycles. The van der Waals surface area contributed by atoms with Gasteiger partial charge in [0.05, 0.1) is 17.7 Å². The molecule has 0 aliphatic heterocycles. The van der Waals surface area contributed by atoms with Crippen LogP contribution < -0.4 is 5.23 Å². The molecular weight excluding hydrogens is 536 g/mol. The summed E-state index contributed by atoms with van der Waals surface area (Å²) in [6.07, 6.45) is 8.58. The number of aromatic hydroxyl groups is 1. The maximum absolute atomic E-state index is 12.8. The molecule has 6 rings (SSSR count). The van der Waals surface area contributed by atoms with Crippen molar-refractivity contribution in [2.45, 2.75) is 97.2 Å². The van der Waals surface area contributed by atoms with Gasteiger partial charge in [0, 0.05) is 23.9 Å². The number of H-pyrrole nitrogens is 1. The Bertz CT molecular complexity index is 1360. The van der Waals surface area contributed by atoms with Crippen LogP contribution in [0.4, 0.5) is 11.4 Å². The number of hydrogen-bond acceptors (Lipinski definition) is 7. The monoisotopic (exact) mass is 582 g/mol. The number of azo groups is 1. The molecule has 1 amide bonds. The largest absolute Gasteiger partial charge is 0.595 e. The van der Waals surface area contributed by atoms with Crippen LogP contribution in [0.25, 0.3) is 10.9 Å². The van der Waals surface area contributed by atoms with E-state index in [9.17, 15) is 30.5 Å². The molecule has 11 atom stereocenters. The summed E-state index contributed by atoms with van der Waals surface area (Å²) < 4.78 is 0. The number of benzene rings is 1. The van der Waals surface area contributed by atoms with Gasteiger partial charge in [-0.15, -0.1) is 10.2 Å². The van der Waals surface area contributed by atoms with Gasteiger partial charge in [-0.2, -0.15) is 5.23 Å². The molecule has 4 fully saturated rings. The molecule has 0 spiro atoms. The first-order chi connectivity index (χ1) is 19.9. The van der Waals surface area contributed by atoms with Gasteiger partial charge in [-0.1, -0.05) is 20.8 Å². The summed E-state index contributed by atoms with van der Waals surface area (Å²) in [5, 5.41) is 59.9. The number of amides is 1. The van der Waals surface area contributed by atoms with Crippen LogP contribution in [0.1, 0.15) is 85.0 Å². The highest BCUT2D eigenvalue weighted by atomic mass is 16.8. The van der Waals surface area contributed by atoms with E-state index in [0.717, 1.165) is 51.4 Å². The van der Waals surface area contributed by atoms with Gasteiger partial charge in [0.15, 0.2) is 11.4 Å². The van der Waals surface area contributed by atoms with Crippen molar-refractivity contribution in [1.82, 2.24) is 4.98 Å². The summed E-state index contributed by atoms with van der Waals surface area (Å²) in [7, 11) is 0. The number of rotatable bonds is 6. The molecular formula is C32H46N4O6. The Balaban J connectivity index is 1.10. The third kappa shape index (κ3) is 4.89. The average molecular weight is 583 g/mol. The van der Waals surface area contributed by atoms with Gasteiger partial charge < -0.3 is 25.5 Å². The van der Waals surface area contributed by atoms with E-state index in [1.165, 1.54) is 12.1 Å². The van der Waals surface area contributed by atoms with Crippen molar-refractivity contribution in [2.24, 2.45) is 56.6 Å². The number of aromatic nitrogens is 1. The molecule has 10 nitrogen and oxygen atoms in total. The van der Waals surface area contributed by atoms with Crippen LogP contribution in [0, 0.1) is 51.5 Å². The predicted molar refractivity (Wildman–Crippen MR) is 156 cm³/mol. The van der Waals surface area contributed by atoms with Gasteiger partial charge >= 0.3 is 0 Å². The number of hydrogen-bond donors (Lipinski definition) is 6. The van der Waals surface area contributed by atoms with E-state index >= 15 is 0 Å². The second-order valence-corrected chi connectivity index (χ2v) is 14.5. The van der Waals surface area contributed by atoms with E-state index in [2.05, 4.69) is 36.0 Å². The second-order valence-electron chi connectivity index (χ2n) is 14.5. The average Bonchev–Trinajstić information content (AvgIpc) is 3.46. The van der Waals surface area contributed by atoms with Crippen LogP contribution in [0.3, 0.4) is 0 Å². The first-order valence-electron chi connectivity index (χ1n) is 15.8. The molecule has 1 aromatic carbocycles. The Hall–Kier alpha value is -2.37. The molecule has 42 heavy (non-hydrogen) atoms. The fourth-order valence-corrected chi connectivity index (χ4v) is 10.3. The van der Waals surface area contributed by atoms with E-state index in [0.29, 0.717) is 52.8 Å². The van der Waals surface area contributed by atoms with Crippen molar-refractivity contribution >= 4 is 28.2 Å². The summed E-state index contributed by atoms with van der Waals surface area (Å²) in [6, 6.07) is 4.38. The van der Waals surface area contributed by atoms with Crippen molar-refractivity contribution < 1.29 is 30.5 Å². The molecule has 6 N–H and O–H groups in total. The second kappa shape index (κ2) is 11.0. The Kier molecular flexibility index (Phi) is 7.75. The minimum Gasteiger partial charge on any atom is -0.595 e. The number of aliphatic hydroxyl groups excluding tert-OH is 2. The van der Waals surface area contributed by atoms with E-state index in [1.54, 1.807) is 6.07 Å². The molecule has 4 aliphatic rings. The number of carbonyl (C=O) groups excluding carboxylic acids is 1. The molecule has 1 aromatic heterocycles. The summed E-state index contributed by atoms with van der Waals surface area (Å²) >= 11 is 0. The fourth-order valence-electron chi connectivity index (χ4n) is 10.3. The van der Waals surface area contributed by atoms with Gasteiger partial charge in [-0.3, -0.25) is 4.79 Å². The highest BCUT2D eigenvalue weighted by molar-refractivity contribution is 5.95. The molecule has 1 heterocycles. The zero-order valence-electron chi connectivity index (χ0n) is 24.9. The summed E-state index contributed by atoms with van der Waals surface area (Å²) in [4.78, 5) is 15.5. The van der Waals surface area contributed by atoms with E-state index < -0.39 is 5.23 Å². The third-order valence-electron chi connectivity index (χ3n) is 12.5. The zero-order chi connectivity index (χ0) is 30.0. The summed E-state index contributed by atoms with van der Waals surface area (Å²) in [6.45, 7) is 7.12. The summed E-state index contributed by atoms with van der Waals surface area (Å²) in [5.41, 5.74) is 0.978. The smallest absolute Gasteiger partial charge is 0.264 e. The number of nitrogens with zero attached hydrogens (tertiary/aromatic N) is 2. The lowest BCUT2D eigenvalue weighted by molar-refractivity contribution is -0.991. The van der Waals surface area contributed by atoms with Crippen LogP contribution in [0.5, 0.6) is 5.88 Å². The lowest BCUT2D eigenvalue weighted by atomic mass is 9.43. The first-order valence-corrected chi connectivity index (χ1v) is 15.8. The van der Waals surface area contributed by atoms with Crippen molar-refractivity contribution in [3.8, 4) is 5.88 Å². The van der Waals surface area contributed by atoms with Crippen LogP contribution in [-0.4, -0.2) is 43.6 Å². The van der Waals surface area contributed by atoms with Crippen molar-refractivity contribution in [1.29, 1.82) is 0 Å². The molecule has 230 valence electrons. The molecule has 0 radical (unpaired) electrons. The topological polar surface area (TPSA) is 166 Å². The maximum Gasteiger partial charge on any atom is 0.264 e. The van der Waals surface area contributed by atoms with Crippen molar-refractivity contribution in [3.05, 3.63) is 23.4 Å². The standard InChI is InChI=1S/C32H46N4O6/c1-17(4-9-27(39)34-35-29-21-6-5-19(36(41)42)16-25(21)33-30(29)40)22-7-8-23-28-24(11-13-32(22,23)3)31(2)12-10-20(37)14-18(31)15-26(28)38/h5-6,16-18,20,22-24,26,28,33,36-38,40-41H,4,7-15H2,1-3H3/t17-,18+,20+,22+,23-,24+,26-,28-,31+,32-/m1/s1. The Morgan fingerprint density at radius 1 is 1.12 bits per heavy atom. The van der Waals surface area contributed by atoms with Gasteiger partial charge in [-0.05, 0) is 110 Å². The normalized spacial score (nSPS) is 39.5. The van der Waals surface area contributed by atoms with E-state index in [-0.39, 0.29) is 52.6 Å². The lowest BCUT2D eigenvalue weighted by Crippen LogP contribution is -2.99. The summed E-state index contributed by atoms with van der Waals surface area (Å²) in [5.74, 6) is 1.96. The third-order valence-corrected chi connectivity index (χ3v) is 12.5. The van der Waals surface area contributed by atoms with Crippen LogP contribution in [0.15, 0.2) is 28.4 Å². The molecule has 2 aromatic rings. The quantitative estimate of drug-likeness (QED) is 0.200. The molecule has 1 unspecified atom stereocenters. The fraction of sp³-hybridized carbons (Fsp3) is 0.719. The minimum atomic E-state index is -1.07. The number of carbonyl (C=O) groups is 1. The lowest BCUT2D eigenvalue weighted by Gasteiger charge is -2.62. The maximum atomic E-state index is 12.8. The molecule has 0 bridgehead atoms. The van der Waals surface area contributed by atoms with Crippen LogP contribution in [0.2, 0.25) is 0 Å². The van der Waals surface area contributed by atoms with E-state index in [4.69, 9.17) is 0 Å². The van der Waals surface area contributed by atoms with Crippen molar-refractivity contribution in [2.75, 3.05) is 0 Å². The Labute approximate surface area is 246 Å². The van der Waals surface area contributed by atoms with Gasteiger partial charge in [0.1, 0.15) is 0 Å². The molecule has 10 heteroatoms. The number of aliphatic hydroxyl groups is 2. The predicted octanol–water partition coefficient (Wildman–Crippen LogP) is 5.29. The number of aromatic amines is 1. The Morgan fingerprint density at radius 2 is 1.86 bits per heavy atom. The van der Waals surface area contributed by atoms with Crippen LogP contribution in [-0.2, 0) is 4.79 Å². The Morgan fingerprint density at radius 3 is 2.62 bits per heavy atom. The van der Waals surface area contributed by atoms with Gasteiger partial charge in [0.25, 0.3) is 5.91 Å². The van der Waals surface area contributed by atoms with Gasteiger partial charge in [0.2, 0.25) is 5.88 Å². The SMILES string of the molecule is C[C@H](CCC(=O)N=Nc1c(O)[nH]c2cc([NH+]([O-])O)ccc12)[C@@H]1CC[C@@H]2[C@H]3[C@H](O)C[C@@H]4C[C@@H](O)CC[C@]4(C)[C@H]3CC[C@@]21C. The highest BCUT2D eigenvalue weighted by Gasteiger charge is 2.62. The van der Waals surface area contributed by atoms with Crippen molar-refractivity contribution in [3.63, 3.8) is 0 Å². The zero-order valence-corrected chi connectivity index (χ0v) is 24.9. The first kappa shape index (κ1) is 29.7. The number of nitrogens with one attached hydrogen (secondary N) is 2. The van der Waals surface area contributed by atoms with Crippen LogP contribution >= 0.6 is 0 Å². The molecule has 4 saturated carbocycles. The highest BCUT2D eigenvalue weighted by Crippen LogP contribution is 2.68. The number of fused-ring (bicyclic) bond motifs is 6. The van der Waals surface area contributed by atoms with Gasteiger partial charge in [-0.25, -0.2) is 5.21 Å². The minimum absolute atomic E-state index is 0.0823. The van der Waals surface area contributed by atoms with E-state index in [1.807, 2.05) is 0 Å². The molecule has 4 aliphatic carbocycles.